The molecule has 8 nitrogen and oxygen atoms in total. The van der Waals surface area contributed by atoms with Gasteiger partial charge in [-0.05, 0) is 22.9 Å². The van der Waals surface area contributed by atoms with Crippen LogP contribution in [0.5, 0.6) is 0 Å². The second-order valence-corrected chi connectivity index (χ2v) is 4.48. The molecule has 112 valence electrons. The number of hydrogen-bond donors (Lipinski definition) is 1. The van der Waals surface area contributed by atoms with Gasteiger partial charge in [-0.3, -0.25) is 10.1 Å². The van der Waals surface area contributed by atoms with E-state index in [4.69, 9.17) is 4.74 Å². The molecule has 0 atom stereocenters. The number of carbonyl (C=O) groups excluding carboxylic acids is 1. The number of rotatable bonds is 6. The SMILES string of the molecule is CC(C)C(O)=C(N=O)C(=O)OCc1ccc([N+](=O)[O-])cc1. The van der Waals surface area contributed by atoms with Gasteiger partial charge in [-0.2, -0.15) is 0 Å². The van der Waals surface area contributed by atoms with Gasteiger partial charge >= 0.3 is 5.97 Å². The molecule has 0 aliphatic carbocycles. The van der Waals surface area contributed by atoms with Crippen LogP contribution in [0.2, 0.25) is 0 Å². The van der Waals surface area contributed by atoms with E-state index < -0.39 is 28.3 Å². The molecule has 1 aromatic rings. The third-order valence-electron chi connectivity index (χ3n) is 2.59. The van der Waals surface area contributed by atoms with Crippen molar-refractivity contribution in [3.63, 3.8) is 0 Å². The molecular weight excluding hydrogens is 280 g/mol. The van der Waals surface area contributed by atoms with Crippen LogP contribution >= 0.6 is 0 Å². The molecule has 0 aliphatic heterocycles. The average Bonchev–Trinajstić information content (AvgIpc) is 2.46. The van der Waals surface area contributed by atoms with Crippen molar-refractivity contribution in [2.45, 2.75) is 20.5 Å². The number of ether oxygens (including phenoxy) is 1. The summed E-state index contributed by atoms with van der Waals surface area (Å²) in [6.45, 7) is 2.98. The first-order valence-corrected chi connectivity index (χ1v) is 6.03. The number of nitrogens with zero attached hydrogens (tertiary/aromatic N) is 2. The molecule has 0 radical (unpaired) electrons. The van der Waals surface area contributed by atoms with Crippen molar-refractivity contribution in [2.75, 3.05) is 0 Å². The lowest BCUT2D eigenvalue weighted by molar-refractivity contribution is -0.384. The number of aliphatic hydroxyl groups is 1. The number of nitro benzene ring substituents is 1. The normalized spacial score (nSPS) is 11.8. The second-order valence-electron chi connectivity index (χ2n) is 4.48. The highest BCUT2D eigenvalue weighted by molar-refractivity contribution is 5.88. The van der Waals surface area contributed by atoms with Crippen molar-refractivity contribution in [1.29, 1.82) is 0 Å². The van der Waals surface area contributed by atoms with Crippen LogP contribution in [-0.2, 0) is 16.1 Å². The molecule has 1 aromatic carbocycles. The fourth-order valence-corrected chi connectivity index (χ4v) is 1.39. The van der Waals surface area contributed by atoms with Crippen molar-refractivity contribution in [3.8, 4) is 0 Å². The van der Waals surface area contributed by atoms with Gasteiger partial charge in [0.15, 0.2) is 0 Å². The summed E-state index contributed by atoms with van der Waals surface area (Å²) in [5.41, 5.74) is -0.257. The van der Waals surface area contributed by atoms with Crippen molar-refractivity contribution in [1.82, 2.24) is 0 Å². The fourth-order valence-electron chi connectivity index (χ4n) is 1.39. The Bertz CT molecular complexity index is 577. The zero-order valence-electron chi connectivity index (χ0n) is 11.5. The van der Waals surface area contributed by atoms with Crippen LogP contribution in [0.15, 0.2) is 40.9 Å². The molecule has 0 saturated heterocycles. The molecule has 0 bridgehead atoms. The Kier molecular flexibility index (Phi) is 5.53. The summed E-state index contributed by atoms with van der Waals surface area (Å²) in [6, 6.07) is 5.38. The maximum atomic E-state index is 11.6. The van der Waals surface area contributed by atoms with Gasteiger partial charge in [0.2, 0.25) is 5.70 Å². The summed E-state index contributed by atoms with van der Waals surface area (Å²) in [5, 5.41) is 22.5. The van der Waals surface area contributed by atoms with E-state index in [1.807, 2.05) is 0 Å². The molecular formula is C13H14N2O6. The van der Waals surface area contributed by atoms with Gasteiger partial charge < -0.3 is 9.84 Å². The van der Waals surface area contributed by atoms with Crippen LogP contribution < -0.4 is 0 Å². The molecule has 0 spiro atoms. The van der Waals surface area contributed by atoms with Gasteiger partial charge in [-0.25, -0.2) is 4.79 Å². The monoisotopic (exact) mass is 294 g/mol. The topological polar surface area (TPSA) is 119 Å². The summed E-state index contributed by atoms with van der Waals surface area (Å²) < 4.78 is 4.83. The van der Waals surface area contributed by atoms with Crippen LogP contribution in [-0.4, -0.2) is 16.0 Å². The van der Waals surface area contributed by atoms with Gasteiger partial charge in [-0.15, -0.1) is 4.91 Å². The van der Waals surface area contributed by atoms with Gasteiger partial charge in [0.25, 0.3) is 5.69 Å². The molecule has 0 fully saturated rings. The zero-order chi connectivity index (χ0) is 16.0. The van der Waals surface area contributed by atoms with E-state index in [1.165, 1.54) is 24.3 Å². The average molecular weight is 294 g/mol. The Balaban J connectivity index is 2.74. The number of hydrogen-bond acceptors (Lipinski definition) is 7. The maximum Gasteiger partial charge on any atom is 0.364 e. The number of allylic oxidation sites excluding steroid dienone is 1. The Labute approximate surface area is 120 Å². The number of nitro groups is 1. The minimum atomic E-state index is -1.05. The molecule has 0 aliphatic rings. The predicted molar refractivity (Wildman–Crippen MR) is 73.2 cm³/mol. The number of non-ortho nitro benzene ring substituents is 1. The standard InChI is InChI=1S/C13H14N2O6/c1-8(2)12(16)11(14-18)13(17)21-7-9-3-5-10(6-4-9)15(19)20/h3-6,8,16H,7H2,1-2H3. The first-order valence-electron chi connectivity index (χ1n) is 6.03. The van der Waals surface area contributed by atoms with Crippen molar-refractivity contribution >= 4 is 11.7 Å². The molecule has 0 aromatic heterocycles. The molecule has 8 heteroatoms. The van der Waals surface area contributed by atoms with Crippen LogP contribution in [0.25, 0.3) is 0 Å². The van der Waals surface area contributed by atoms with E-state index in [2.05, 4.69) is 5.18 Å². The summed E-state index contributed by atoms with van der Waals surface area (Å²) >= 11 is 0. The highest BCUT2D eigenvalue weighted by Gasteiger charge is 2.20. The minimum absolute atomic E-state index is 0.0855. The highest BCUT2D eigenvalue weighted by Crippen LogP contribution is 2.16. The molecule has 0 amide bonds. The number of benzene rings is 1. The minimum Gasteiger partial charge on any atom is -0.509 e. The van der Waals surface area contributed by atoms with Gasteiger partial charge in [0.05, 0.1) is 4.92 Å². The summed E-state index contributed by atoms with van der Waals surface area (Å²) in [5.74, 6) is -1.93. The molecule has 0 heterocycles. The lowest BCUT2D eigenvalue weighted by Crippen LogP contribution is -2.11. The number of aliphatic hydroxyl groups excluding tert-OH is 1. The third kappa shape index (κ3) is 4.37. The lowest BCUT2D eigenvalue weighted by atomic mass is 10.1. The van der Waals surface area contributed by atoms with Crippen LogP contribution in [0.1, 0.15) is 19.4 Å². The Hall–Kier alpha value is -2.77. The summed E-state index contributed by atoms with van der Waals surface area (Å²) in [4.78, 5) is 32.1. The van der Waals surface area contributed by atoms with Crippen LogP contribution in [0.3, 0.4) is 0 Å². The molecule has 1 rings (SSSR count). The van der Waals surface area contributed by atoms with Crippen molar-refractivity contribution in [3.05, 3.63) is 56.3 Å². The third-order valence-corrected chi connectivity index (χ3v) is 2.59. The maximum absolute atomic E-state index is 11.6. The Morgan fingerprint density at radius 2 is 1.95 bits per heavy atom. The quantitative estimate of drug-likeness (QED) is 0.215. The molecule has 0 unspecified atom stereocenters. The van der Waals surface area contributed by atoms with E-state index in [-0.39, 0.29) is 12.3 Å². The first-order chi connectivity index (χ1) is 9.86. The van der Waals surface area contributed by atoms with E-state index in [0.717, 1.165) is 0 Å². The smallest absolute Gasteiger partial charge is 0.364 e. The highest BCUT2D eigenvalue weighted by atomic mass is 16.6. The van der Waals surface area contributed by atoms with E-state index in [1.54, 1.807) is 13.8 Å². The number of nitroso groups, excluding NO2 is 1. The van der Waals surface area contributed by atoms with Crippen molar-refractivity contribution < 1.29 is 19.6 Å². The van der Waals surface area contributed by atoms with Crippen molar-refractivity contribution in [2.24, 2.45) is 11.1 Å². The van der Waals surface area contributed by atoms with Crippen LogP contribution in [0, 0.1) is 20.9 Å². The first kappa shape index (κ1) is 16.3. The Morgan fingerprint density at radius 1 is 1.38 bits per heavy atom. The molecule has 21 heavy (non-hydrogen) atoms. The zero-order valence-corrected chi connectivity index (χ0v) is 11.5. The molecule has 0 saturated carbocycles. The van der Waals surface area contributed by atoms with Gasteiger partial charge in [0, 0.05) is 18.1 Å². The van der Waals surface area contributed by atoms with E-state index >= 15 is 0 Å². The lowest BCUT2D eigenvalue weighted by Gasteiger charge is -2.07. The predicted octanol–water partition coefficient (Wildman–Crippen LogP) is 2.83. The summed E-state index contributed by atoms with van der Waals surface area (Å²) in [7, 11) is 0. The fraction of sp³-hybridized carbons (Fsp3) is 0.308. The Morgan fingerprint density at radius 3 is 2.38 bits per heavy atom. The largest absolute Gasteiger partial charge is 0.509 e. The van der Waals surface area contributed by atoms with E-state index in [9.17, 15) is 24.9 Å². The van der Waals surface area contributed by atoms with E-state index in [0.29, 0.717) is 5.56 Å². The van der Waals surface area contributed by atoms with Gasteiger partial charge in [0.1, 0.15) is 12.4 Å². The summed E-state index contributed by atoms with van der Waals surface area (Å²) in [6.07, 6.45) is 0. The number of esters is 1. The molecule has 1 N–H and O–H groups in total. The second kappa shape index (κ2) is 7.13. The van der Waals surface area contributed by atoms with Gasteiger partial charge in [-0.1, -0.05) is 13.8 Å². The number of carbonyl (C=O) groups is 1. The van der Waals surface area contributed by atoms with Crippen LogP contribution in [0.4, 0.5) is 5.69 Å².